The number of anilines is 1. The van der Waals surface area contributed by atoms with Gasteiger partial charge in [0.1, 0.15) is 11.4 Å². The summed E-state index contributed by atoms with van der Waals surface area (Å²) in [6, 6.07) is 19.1. The zero-order valence-electron chi connectivity index (χ0n) is 18.2. The fourth-order valence-electron chi connectivity index (χ4n) is 3.72. The summed E-state index contributed by atoms with van der Waals surface area (Å²) in [5.41, 5.74) is 3.23. The third-order valence-electron chi connectivity index (χ3n) is 5.39. The van der Waals surface area contributed by atoms with Gasteiger partial charge in [0.2, 0.25) is 0 Å². The Labute approximate surface area is 187 Å². The molecular weight excluding hydrogens is 408 g/mol. The van der Waals surface area contributed by atoms with E-state index in [9.17, 15) is 9.59 Å². The third kappa shape index (κ3) is 4.74. The van der Waals surface area contributed by atoms with Gasteiger partial charge >= 0.3 is 5.97 Å². The summed E-state index contributed by atoms with van der Waals surface area (Å²) in [5.74, 6) is 0.158. The number of hydrogen-bond acceptors (Lipinski definition) is 6. The average Bonchev–Trinajstić information content (AvgIpc) is 3.24. The SMILES string of the molecule is COC(=O)COc1cccc(N2CCN(C(=O)c3cc(C)nn3-c3ccccc3)CC2)c1. The van der Waals surface area contributed by atoms with Crippen LogP contribution in [0.25, 0.3) is 5.69 Å². The Bertz CT molecular complexity index is 1090. The van der Waals surface area contributed by atoms with Crippen LogP contribution in [0.3, 0.4) is 0 Å². The third-order valence-corrected chi connectivity index (χ3v) is 5.39. The number of carbonyl (C=O) groups excluding carboxylic acids is 2. The topological polar surface area (TPSA) is 76.9 Å². The minimum Gasteiger partial charge on any atom is -0.482 e. The van der Waals surface area contributed by atoms with Gasteiger partial charge in [-0.1, -0.05) is 24.3 Å². The number of aromatic nitrogens is 2. The van der Waals surface area contributed by atoms with Gasteiger partial charge in [0, 0.05) is 37.9 Å². The normalized spacial score (nSPS) is 13.7. The Hall–Kier alpha value is -3.81. The number of para-hydroxylation sites is 1. The molecule has 8 nitrogen and oxygen atoms in total. The fraction of sp³-hybridized carbons (Fsp3) is 0.292. The Kier molecular flexibility index (Phi) is 6.39. The molecule has 1 aliphatic rings. The van der Waals surface area contributed by atoms with Crippen LogP contribution in [0.2, 0.25) is 0 Å². The first-order valence-electron chi connectivity index (χ1n) is 10.5. The van der Waals surface area contributed by atoms with E-state index in [1.807, 2.05) is 66.4 Å². The number of methoxy groups -OCH3 is 1. The Balaban J connectivity index is 1.42. The molecule has 1 aliphatic heterocycles. The molecule has 0 bridgehead atoms. The zero-order valence-corrected chi connectivity index (χ0v) is 18.2. The molecule has 3 aromatic rings. The number of piperazine rings is 1. The first-order valence-corrected chi connectivity index (χ1v) is 10.5. The van der Waals surface area contributed by atoms with E-state index < -0.39 is 5.97 Å². The zero-order chi connectivity index (χ0) is 22.5. The monoisotopic (exact) mass is 434 g/mol. The van der Waals surface area contributed by atoms with Crippen LogP contribution in [0.1, 0.15) is 16.2 Å². The van der Waals surface area contributed by atoms with Gasteiger partial charge in [-0.05, 0) is 37.3 Å². The van der Waals surface area contributed by atoms with Crippen molar-refractivity contribution in [1.82, 2.24) is 14.7 Å². The standard InChI is InChI=1S/C24H26N4O4/c1-18-15-22(28(25-18)19-7-4-3-5-8-19)24(30)27-13-11-26(12-14-27)20-9-6-10-21(16-20)32-17-23(29)31-2/h3-10,15-16H,11-14,17H2,1-2H3. The van der Waals surface area contributed by atoms with Gasteiger partial charge in [0.15, 0.2) is 6.61 Å². The Morgan fingerprint density at radius 1 is 0.938 bits per heavy atom. The highest BCUT2D eigenvalue weighted by atomic mass is 16.6. The lowest BCUT2D eigenvalue weighted by atomic mass is 10.2. The molecule has 1 saturated heterocycles. The lowest BCUT2D eigenvalue weighted by Crippen LogP contribution is -2.49. The summed E-state index contributed by atoms with van der Waals surface area (Å²) < 4.78 is 11.8. The number of benzene rings is 2. The van der Waals surface area contributed by atoms with Crippen LogP contribution in [-0.4, -0.2) is 66.5 Å². The van der Waals surface area contributed by atoms with Crippen LogP contribution in [0.15, 0.2) is 60.7 Å². The summed E-state index contributed by atoms with van der Waals surface area (Å²) in [4.78, 5) is 28.6. The number of nitrogens with zero attached hydrogens (tertiary/aromatic N) is 4. The molecular formula is C24H26N4O4. The molecule has 1 amide bonds. The van der Waals surface area contributed by atoms with Gasteiger partial charge in [-0.2, -0.15) is 5.10 Å². The van der Waals surface area contributed by atoms with Crippen LogP contribution in [0.4, 0.5) is 5.69 Å². The molecule has 4 rings (SSSR count). The molecule has 0 atom stereocenters. The summed E-state index contributed by atoms with van der Waals surface area (Å²) in [6.45, 7) is 4.37. The lowest BCUT2D eigenvalue weighted by molar-refractivity contribution is -0.142. The average molecular weight is 434 g/mol. The second-order valence-corrected chi connectivity index (χ2v) is 7.56. The second-order valence-electron chi connectivity index (χ2n) is 7.56. The van der Waals surface area contributed by atoms with Crippen molar-refractivity contribution in [3.05, 3.63) is 72.1 Å². The molecule has 32 heavy (non-hydrogen) atoms. The molecule has 0 N–H and O–H groups in total. The van der Waals surface area contributed by atoms with E-state index in [1.54, 1.807) is 10.7 Å². The van der Waals surface area contributed by atoms with E-state index in [0.717, 1.165) is 17.1 Å². The molecule has 0 saturated carbocycles. The van der Waals surface area contributed by atoms with E-state index in [4.69, 9.17) is 4.74 Å². The van der Waals surface area contributed by atoms with Crippen molar-refractivity contribution in [1.29, 1.82) is 0 Å². The predicted molar refractivity (Wildman–Crippen MR) is 120 cm³/mol. The van der Waals surface area contributed by atoms with Gasteiger partial charge in [0.25, 0.3) is 5.91 Å². The number of amides is 1. The van der Waals surface area contributed by atoms with Crippen molar-refractivity contribution < 1.29 is 19.1 Å². The fourth-order valence-corrected chi connectivity index (χ4v) is 3.72. The molecule has 2 heterocycles. The molecule has 2 aromatic carbocycles. The maximum atomic E-state index is 13.3. The van der Waals surface area contributed by atoms with Crippen LogP contribution in [-0.2, 0) is 9.53 Å². The molecule has 1 fully saturated rings. The van der Waals surface area contributed by atoms with Gasteiger partial charge in [0.05, 0.1) is 18.5 Å². The maximum absolute atomic E-state index is 13.3. The van der Waals surface area contributed by atoms with Crippen LogP contribution in [0.5, 0.6) is 5.75 Å². The number of rotatable bonds is 6. The number of hydrogen-bond donors (Lipinski definition) is 0. The molecule has 1 aromatic heterocycles. The van der Waals surface area contributed by atoms with Crippen molar-refractivity contribution in [3.8, 4) is 11.4 Å². The Morgan fingerprint density at radius 3 is 2.38 bits per heavy atom. The summed E-state index contributed by atoms with van der Waals surface area (Å²) in [6.07, 6.45) is 0. The van der Waals surface area contributed by atoms with E-state index >= 15 is 0 Å². The van der Waals surface area contributed by atoms with E-state index in [1.165, 1.54) is 7.11 Å². The molecule has 0 spiro atoms. The second kappa shape index (κ2) is 9.55. The highest BCUT2D eigenvalue weighted by Crippen LogP contribution is 2.23. The van der Waals surface area contributed by atoms with Gasteiger partial charge in [-0.15, -0.1) is 0 Å². The van der Waals surface area contributed by atoms with E-state index in [2.05, 4.69) is 14.7 Å². The van der Waals surface area contributed by atoms with Gasteiger partial charge in [-0.3, -0.25) is 4.79 Å². The quantitative estimate of drug-likeness (QED) is 0.555. The first-order chi connectivity index (χ1) is 15.5. The van der Waals surface area contributed by atoms with Crippen LogP contribution in [0, 0.1) is 6.92 Å². The number of ether oxygens (including phenoxy) is 2. The molecule has 0 radical (unpaired) electrons. The smallest absolute Gasteiger partial charge is 0.343 e. The van der Waals surface area contributed by atoms with Crippen molar-refractivity contribution in [2.75, 3.05) is 44.8 Å². The molecule has 0 aliphatic carbocycles. The molecule has 0 unspecified atom stereocenters. The Morgan fingerprint density at radius 2 is 1.66 bits per heavy atom. The highest BCUT2D eigenvalue weighted by molar-refractivity contribution is 5.93. The van der Waals surface area contributed by atoms with E-state index in [-0.39, 0.29) is 12.5 Å². The van der Waals surface area contributed by atoms with Crippen molar-refractivity contribution in [2.45, 2.75) is 6.92 Å². The van der Waals surface area contributed by atoms with Crippen molar-refractivity contribution in [2.24, 2.45) is 0 Å². The minimum atomic E-state index is -0.424. The van der Waals surface area contributed by atoms with Gasteiger partial charge in [-0.25, -0.2) is 9.48 Å². The summed E-state index contributed by atoms with van der Waals surface area (Å²) in [5, 5.41) is 4.52. The molecule has 166 valence electrons. The molecule has 8 heteroatoms. The van der Waals surface area contributed by atoms with E-state index in [0.29, 0.717) is 37.6 Å². The highest BCUT2D eigenvalue weighted by Gasteiger charge is 2.25. The predicted octanol–water partition coefficient (Wildman–Crippen LogP) is 2.69. The minimum absolute atomic E-state index is 0.0238. The van der Waals surface area contributed by atoms with Crippen molar-refractivity contribution >= 4 is 17.6 Å². The summed E-state index contributed by atoms with van der Waals surface area (Å²) in [7, 11) is 1.33. The number of aryl methyl sites for hydroxylation is 1. The number of esters is 1. The maximum Gasteiger partial charge on any atom is 0.343 e. The van der Waals surface area contributed by atoms with Crippen LogP contribution < -0.4 is 9.64 Å². The van der Waals surface area contributed by atoms with Crippen LogP contribution >= 0.6 is 0 Å². The van der Waals surface area contributed by atoms with Crippen molar-refractivity contribution in [3.63, 3.8) is 0 Å². The van der Waals surface area contributed by atoms with Gasteiger partial charge < -0.3 is 19.3 Å². The number of carbonyl (C=O) groups is 2. The first kappa shape index (κ1) is 21.4. The largest absolute Gasteiger partial charge is 0.482 e. The lowest BCUT2D eigenvalue weighted by Gasteiger charge is -2.36. The summed E-state index contributed by atoms with van der Waals surface area (Å²) >= 11 is 0.